The molecule has 0 saturated heterocycles. The van der Waals surface area contributed by atoms with Crippen LogP contribution in [0.3, 0.4) is 0 Å². The molecule has 2 N–H and O–H groups in total. The summed E-state index contributed by atoms with van der Waals surface area (Å²) in [7, 11) is 5.06. The van der Waals surface area contributed by atoms with Crippen molar-refractivity contribution in [1.29, 1.82) is 0 Å². The van der Waals surface area contributed by atoms with Gasteiger partial charge >= 0.3 is 0 Å². The van der Waals surface area contributed by atoms with Crippen molar-refractivity contribution in [2.24, 2.45) is 7.05 Å². The van der Waals surface area contributed by atoms with Gasteiger partial charge in [0.2, 0.25) is 0 Å². The van der Waals surface area contributed by atoms with Crippen molar-refractivity contribution in [1.82, 2.24) is 15.1 Å². The normalized spacial score (nSPS) is 13.7. The number of rotatable bonds is 7. The molecule has 0 radical (unpaired) electrons. The molecule has 1 unspecified atom stereocenters. The first kappa shape index (κ1) is 16.3. The monoisotopic (exact) mass is 305 g/mol. The average Bonchev–Trinajstić information content (AvgIpc) is 2.94. The third-order valence-corrected chi connectivity index (χ3v) is 3.57. The first-order chi connectivity index (χ1) is 10.5. The van der Waals surface area contributed by atoms with Gasteiger partial charge in [-0.3, -0.25) is 4.68 Å². The van der Waals surface area contributed by atoms with E-state index in [-0.39, 0.29) is 0 Å². The van der Waals surface area contributed by atoms with Gasteiger partial charge in [-0.15, -0.1) is 0 Å². The van der Waals surface area contributed by atoms with Gasteiger partial charge in [-0.05, 0) is 24.6 Å². The molecule has 6 heteroatoms. The summed E-state index contributed by atoms with van der Waals surface area (Å²) in [6.45, 7) is 2.81. The van der Waals surface area contributed by atoms with Crippen LogP contribution in [0.4, 0.5) is 0 Å². The van der Waals surface area contributed by atoms with Crippen LogP contribution in [0, 0.1) is 0 Å². The van der Waals surface area contributed by atoms with Crippen molar-refractivity contribution in [3.05, 3.63) is 41.7 Å². The Bertz CT molecular complexity index is 623. The van der Waals surface area contributed by atoms with E-state index in [0.29, 0.717) is 24.6 Å². The molecular weight excluding hydrogens is 282 g/mol. The van der Waals surface area contributed by atoms with E-state index in [0.717, 1.165) is 11.1 Å². The van der Waals surface area contributed by atoms with Crippen LogP contribution in [0.25, 0.3) is 0 Å². The van der Waals surface area contributed by atoms with Crippen LogP contribution in [0.1, 0.15) is 18.1 Å². The molecule has 6 nitrogen and oxygen atoms in total. The zero-order valence-corrected chi connectivity index (χ0v) is 13.5. The fraction of sp³-hybridized carbons (Fsp3) is 0.438. The molecule has 2 rings (SSSR count). The van der Waals surface area contributed by atoms with Crippen molar-refractivity contribution in [2.45, 2.75) is 19.1 Å². The van der Waals surface area contributed by atoms with E-state index >= 15 is 0 Å². The number of nitrogens with one attached hydrogen (secondary N) is 1. The Morgan fingerprint density at radius 3 is 2.59 bits per heavy atom. The van der Waals surface area contributed by atoms with Crippen LogP contribution in [0.15, 0.2) is 30.6 Å². The number of benzene rings is 1. The highest BCUT2D eigenvalue weighted by Gasteiger charge is 2.24. The summed E-state index contributed by atoms with van der Waals surface area (Å²) in [5, 5.41) is 17.8. The van der Waals surface area contributed by atoms with Crippen LogP contribution in [0.5, 0.6) is 11.5 Å². The largest absolute Gasteiger partial charge is 0.493 e. The Hall–Kier alpha value is -2.05. The third-order valence-electron chi connectivity index (χ3n) is 3.57. The third kappa shape index (κ3) is 3.78. The van der Waals surface area contributed by atoms with E-state index < -0.39 is 5.60 Å². The van der Waals surface area contributed by atoms with Gasteiger partial charge in [0.25, 0.3) is 0 Å². The summed E-state index contributed by atoms with van der Waals surface area (Å²) < 4.78 is 12.2. The molecule has 22 heavy (non-hydrogen) atoms. The molecule has 1 atom stereocenters. The predicted molar refractivity (Wildman–Crippen MR) is 84.0 cm³/mol. The zero-order valence-electron chi connectivity index (χ0n) is 13.5. The highest BCUT2D eigenvalue weighted by atomic mass is 16.5. The first-order valence-corrected chi connectivity index (χ1v) is 7.09. The molecule has 1 heterocycles. The minimum atomic E-state index is -0.967. The molecule has 1 aromatic carbocycles. The summed E-state index contributed by atoms with van der Waals surface area (Å²) in [6.07, 6.45) is 3.50. The highest BCUT2D eigenvalue weighted by Crippen LogP contribution is 2.27. The summed E-state index contributed by atoms with van der Waals surface area (Å²) in [5.74, 6) is 1.40. The Kier molecular flexibility index (Phi) is 5.05. The first-order valence-electron chi connectivity index (χ1n) is 7.09. The maximum Gasteiger partial charge on any atom is 0.161 e. The fourth-order valence-corrected chi connectivity index (χ4v) is 2.24. The van der Waals surface area contributed by atoms with Gasteiger partial charge in [-0.2, -0.15) is 5.10 Å². The Labute approximate surface area is 130 Å². The van der Waals surface area contributed by atoms with E-state index in [1.165, 1.54) is 0 Å². The van der Waals surface area contributed by atoms with Gasteiger partial charge in [0.1, 0.15) is 5.60 Å². The minimum absolute atomic E-state index is 0.424. The number of aliphatic hydroxyl groups is 1. The van der Waals surface area contributed by atoms with Crippen LogP contribution in [-0.4, -0.2) is 35.7 Å². The molecule has 0 aliphatic carbocycles. The van der Waals surface area contributed by atoms with E-state index in [4.69, 9.17) is 9.47 Å². The van der Waals surface area contributed by atoms with Crippen molar-refractivity contribution in [3.63, 3.8) is 0 Å². The number of ether oxygens (including phenoxy) is 2. The van der Waals surface area contributed by atoms with E-state index in [9.17, 15) is 5.11 Å². The Morgan fingerprint density at radius 2 is 2.00 bits per heavy atom. The lowest BCUT2D eigenvalue weighted by molar-refractivity contribution is 0.0566. The van der Waals surface area contributed by atoms with Crippen LogP contribution in [-0.2, 0) is 19.2 Å². The second kappa shape index (κ2) is 6.81. The molecule has 2 aromatic rings. The van der Waals surface area contributed by atoms with Gasteiger partial charge in [0.15, 0.2) is 11.5 Å². The van der Waals surface area contributed by atoms with Gasteiger partial charge in [0, 0.05) is 31.9 Å². The molecule has 1 aromatic heterocycles. The van der Waals surface area contributed by atoms with Gasteiger partial charge in [-0.1, -0.05) is 6.07 Å². The smallest absolute Gasteiger partial charge is 0.161 e. The molecule has 0 amide bonds. The average molecular weight is 305 g/mol. The molecule has 0 aliphatic rings. The number of nitrogens with zero attached hydrogens (tertiary/aromatic N) is 2. The number of hydrogen-bond acceptors (Lipinski definition) is 5. The molecule has 0 aliphatic heterocycles. The van der Waals surface area contributed by atoms with Crippen LogP contribution < -0.4 is 14.8 Å². The number of hydrogen-bond donors (Lipinski definition) is 2. The van der Waals surface area contributed by atoms with Crippen LogP contribution in [0.2, 0.25) is 0 Å². The molecule has 0 saturated carbocycles. The second-order valence-corrected chi connectivity index (χ2v) is 5.47. The maximum absolute atomic E-state index is 10.5. The number of methoxy groups -OCH3 is 2. The molecule has 120 valence electrons. The Balaban J connectivity index is 1.96. The quantitative estimate of drug-likeness (QED) is 0.810. The zero-order chi connectivity index (χ0) is 16.2. The molecular formula is C16H23N3O3. The van der Waals surface area contributed by atoms with Crippen molar-refractivity contribution >= 4 is 0 Å². The van der Waals surface area contributed by atoms with E-state index in [1.54, 1.807) is 32.0 Å². The molecule has 0 fully saturated rings. The Morgan fingerprint density at radius 1 is 1.27 bits per heavy atom. The second-order valence-electron chi connectivity index (χ2n) is 5.47. The van der Waals surface area contributed by atoms with Gasteiger partial charge < -0.3 is 19.9 Å². The number of aryl methyl sites for hydroxylation is 1. The van der Waals surface area contributed by atoms with E-state index in [1.807, 2.05) is 31.4 Å². The standard InChI is InChI=1S/C16H23N3O3/c1-16(20,13-9-18-19(2)10-13)11-17-8-12-5-6-14(21-3)15(7-12)22-4/h5-7,9-10,17,20H,8,11H2,1-4H3. The summed E-state index contributed by atoms with van der Waals surface area (Å²) in [6, 6.07) is 5.76. The van der Waals surface area contributed by atoms with E-state index in [2.05, 4.69) is 10.4 Å². The maximum atomic E-state index is 10.5. The number of aromatic nitrogens is 2. The van der Waals surface area contributed by atoms with Crippen LogP contribution >= 0.6 is 0 Å². The molecule has 0 bridgehead atoms. The summed E-state index contributed by atoms with van der Waals surface area (Å²) in [4.78, 5) is 0. The lowest BCUT2D eigenvalue weighted by Crippen LogP contribution is -2.34. The summed E-state index contributed by atoms with van der Waals surface area (Å²) >= 11 is 0. The topological polar surface area (TPSA) is 68.5 Å². The SMILES string of the molecule is COc1ccc(CNCC(C)(O)c2cnn(C)c2)cc1OC. The van der Waals surface area contributed by atoms with Crippen molar-refractivity contribution in [2.75, 3.05) is 20.8 Å². The summed E-state index contributed by atoms with van der Waals surface area (Å²) in [5.41, 5.74) is 0.875. The predicted octanol–water partition coefficient (Wildman–Crippen LogP) is 1.43. The fourth-order valence-electron chi connectivity index (χ4n) is 2.24. The van der Waals surface area contributed by atoms with Gasteiger partial charge in [-0.25, -0.2) is 0 Å². The van der Waals surface area contributed by atoms with Crippen molar-refractivity contribution in [3.8, 4) is 11.5 Å². The minimum Gasteiger partial charge on any atom is -0.493 e. The lowest BCUT2D eigenvalue weighted by Gasteiger charge is -2.22. The van der Waals surface area contributed by atoms with Gasteiger partial charge in [0.05, 0.1) is 20.4 Å². The van der Waals surface area contributed by atoms with Crippen molar-refractivity contribution < 1.29 is 14.6 Å². The molecule has 0 spiro atoms. The lowest BCUT2D eigenvalue weighted by atomic mass is 9.99. The highest BCUT2D eigenvalue weighted by molar-refractivity contribution is 5.42.